The first-order chi connectivity index (χ1) is 7.48. The van der Waals surface area contributed by atoms with E-state index >= 15 is 0 Å². The van der Waals surface area contributed by atoms with Gasteiger partial charge in [-0.1, -0.05) is 34.1 Å². The van der Waals surface area contributed by atoms with Crippen LogP contribution in [0.5, 0.6) is 0 Å². The summed E-state index contributed by atoms with van der Waals surface area (Å²) < 4.78 is 0. The molecule has 0 aromatic heterocycles. The molecule has 1 atom stereocenters. The second-order valence-corrected chi connectivity index (χ2v) is 6.48. The van der Waals surface area contributed by atoms with E-state index in [1.165, 1.54) is 38.6 Å². The van der Waals surface area contributed by atoms with E-state index in [-0.39, 0.29) is 0 Å². The van der Waals surface area contributed by atoms with Gasteiger partial charge in [-0.3, -0.25) is 4.90 Å². The molecule has 1 fully saturated rings. The van der Waals surface area contributed by atoms with E-state index in [1.807, 2.05) is 0 Å². The number of hydrogen-bond acceptors (Lipinski definition) is 2. The zero-order valence-corrected chi connectivity index (χ0v) is 11.6. The highest BCUT2D eigenvalue weighted by Gasteiger charge is 2.34. The van der Waals surface area contributed by atoms with Crippen LogP contribution in [-0.4, -0.2) is 30.1 Å². The Morgan fingerprint density at radius 2 is 1.94 bits per heavy atom. The minimum atomic E-state index is 0.392. The van der Waals surface area contributed by atoms with E-state index in [0.29, 0.717) is 11.5 Å². The lowest BCUT2D eigenvalue weighted by atomic mass is 9.87. The Morgan fingerprint density at radius 1 is 1.31 bits per heavy atom. The predicted octanol–water partition coefficient (Wildman–Crippen LogP) is 3.01. The molecular formula is C14H30N2. The van der Waals surface area contributed by atoms with Gasteiger partial charge < -0.3 is 5.73 Å². The third kappa shape index (κ3) is 4.84. The van der Waals surface area contributed by atoms with Gasteiger partial charge in [0.15, 0.2) is 0 Å². The molecule has 0 aromatic carbocycles. The molecule has 1 saturated carbocycles. The van der Waals surface area contributed by atoms with Crippen LogP contribution in [0.15, 0.2) is 0 Å². The van der Waals surface area contributed by atoms with Gasteiger partial charge in [-0.05, 0) is 37.6 Å². The summed E-state index contributed by atoms with van der Waals surface area (Å²) in [7, 11) is 0. The monoisotopic (exact) mass is 226 g/mol. The van der Waals surface area contributed by atoms with Crippen molar-refractivity contribution in [2.45, 2.75) is 71.9 Å². The minimum absolute atomic E-state index is 0.392. The SMILES string of the molecule is CCCCN(C1CC1)C(CN)CC(C)(C)C. The van der Waals surface area contributed by atoms with Crippen LogP contribution in [0.4, 0.5) is 0 Å². The van der Waals surface area contributed by atoms with Crippen molar-refractivity contribution in [2.24, 2.45) is 11.1 Å². The Kier molecular flexibility index (Phi) is 5.26. The summed E-state index contributed by atoms with van der Waals surface area (Å²) in [5, 5.41) is 0. The lowest BCUT2D eigenvalue weighted by molar-refractivity contribution is 0.142. The van der Waals surface area contributed by atoms with Gasteiger partial charge in [-0.15, -0.1) is 0 Å². The maximum atomic E-state index is 5.98. The Labute approximate surface area is 102 Å². The van der Waals surface area contributed by atoms with Crippen LogP contribution in [0.1, 0.15) is 59.8 Å². The highest BCUT2D eigenvalue weighted by atomic mass is 15.2. The van der Waals surface area contributed by atoms with Crippen molar-refractivity contribution in [1.29, 1.82) is 0 Å². The van der Waals surface area contributed by atoms with Gasteiger partial charge in [-0.2, -0.15) is 0 Å². The molecule has 2 heteroatoms. The molecule has 0 heterocycles. The van der Waals surface area contributed by atoms with Gasteiger partial charge in [-0.25, -0.2) is 0 Å². The standard InChI is InChI=1S/C14H30N2/c1-5-6-9-16(12-7-8-12)13(11-15)10-14(2,3)4/h12-13H,5-11,15H2,1-4H3. The van der Waals surface area contributed by atoms with Gasteiger partial charge in [0.1, 0.15) is 0 Å². The van der Waals surface area contributed by atoms with E-state index in [2.05, 4.69) is 32.6 Å². The molecule has 0 radical (unpaired) electrons. The highest BCUT2D eigenvalue weighted by Crippen LogP contribution is 2.32. The van der Waals surface area contributed by atoms with Gasteiger partial charge in [0, 0.05) is 18.6 Å². The molecule has 0 aliphatic heterocycles. The summed E-state index contributed by atoms with van der Waals surface area (Å²) >= 11 is 0. The smallest absolute Gasteiger partial charge is 0.0226 e. The Bertz CT molecular complexity index is 191. The van der Waals surface area contributed by atoms with Crippen molar-refractivity contribution in [3.63, 3.8) is 0 Å². The summed E-state index contributed by atoms with van der Waals surface area (Å²) in [5.74, 6) is 0. The summed E-state index contributed by atoms with van der Waals surface area (Å²) in [4.78, 5) is 2.69. The Morgan fingerprint density at radius 3 is 2.31 bits per heavy atom. The number of rotatable bonds is 7. The quantitative estimate of drug-likeness (QED) is 0.723. The molecule has 0 amide bonds. The van der Waals surface area contributed by atoms with Crippen LogP contribution in [0, 0.1) is 5.41 Å². The van der Waals surface area contributed by atoms with Crippen molar-refractivity contribution < 1.29 is 0 Å². The second kappa shape index (κ2) is 6.02. The topological polar surface area (TPSA) is 29.3 Å². The first kappa shape index (κ1) is 14.0. The van der Waals surface area contributed by atoms with Gasteiger partial charge in [0.05, 0.1) is 0 Å². The maximum Gasteiger partial charge on any atom is 0.0226 e. The molecule has 0 bridgehead atoms. The Balaban J connectivity index is 2.51. The zero-order chi connectivity index (χ0) is 12.2. The van der Waals surface area contributed by atoms with Crippen LogP contribution >= 0.6 is 0 Å². The number of nitrogens with zero attached hydrogens (tertiary/aromatic N) is 1. The molecule has 0 spiro atoms. The molecule has 16 heavy (non-hydrogen) atoms. The average Bonchev–Trinajstić information content (AvgIpc) is 2.98. The molecule has 2 N–H and O–H groups in total. The molecule has 1 unspecified atom stereocenters. The third-order valence-corrected chi connectivity index (χ3v) is 3.37. The largest absolute Gasteiger partial charge is 0.329 e. The third-order valence-electron chi connectivity index (χ3n) is 3.37. The minimum Gasteiger partial charge on any atom is -0.329 e. The maximum absolute atomic E-state index is 5.98. The van der Waals surface area contributed by atoms with Crippen LogP contribution < -0.4 is 5.73 Å². The summed E-state index contributed by atoms with van der Waals surface area (Å²) in [6.07, 6.45) is 6.62. The first-order valence-electron chi connectivity index (χ1n) is 6.93. The zero-order valence-electron chi connectivity index (χ0n) is 11.6. The molecule has 1 aliphatic rings. The fourth-order valence-electron chi connectivity index (χ4n) is 2.45. The van der Waals surface area contributed by atoms with Crippen molar-refractivity contribution in [3.8, 4) is 0 Å². The lowest BCUT2D eigenvalue weighted by Crippen LogP contribution is -2.44. The second-order valence-electron chi connectivity index (χ2n) is 6.48. The van der Waals surface area contributed by atoms with Gasteiger partial charge in [0.25, 0.3) is 0 Å². The van der Waals surface area contributed by atoms with Crippen LogP contribution in [0.3, 0.4) is 0 Å². The lowest BCUT2D eigenvalue weighted by Gasteiger charge is -2.35. The van der Waals surface area contributed by atoms with E-state index < -0.39 is 0 Å². The fourth-order valence-corrected chi connectivity index (χ4v) is 2.45. The fraction of sp³-hybridized carbons (Fsp3) is 1.00. The predicted molar refractivity (Wildman–Crippen MR) is 71.6 cm³/mol. The van der Waals surface area contributed by atoms with Gasteiger partial charge >= 0.3 is 0 Å². The first-order valence-corrected chi connectivity index (χ1v) is 6.93. The molecular weight excluding hydrogens is 196 g/mol. The van der Waals surface area contributed by atoms with E-state index in [1.54, 1.807) is 0 Å². The molecule has 1 aliphatic carbocycles. The number of hydrogen-bond donors (Lipinski definition) is 1. The van der Waals surface area contributed by atoms with Crippen LogP contribution in [0.25, 0.3) is 0 Å². The van der Waals surface area contributed by atoms with E-state index in [4.69, 9.17) is 5.73 Å². The van der Waals surface area contributed by atoms with Crippen molar-refractivity contribution in [3.05, 3.63) is 0 Å². The summed E-state index contributed by atoms with van der Waals surface area (Å²) in [5.41, 5.74) is 6.37. The molecule has 0 saturated heterocycles. The van der Waals surface area contributed by atoms with Gasteiger partial charge in [0.2, 0.25) is 0 Å². The molecule has 1 rings (SSSR count). The summed E-state index contributed by atoms with van der Waals surface area (Å²) in [6.45, 7) is 11.3. The van der Waals surface area contributed by atoms with Crippen molar-refractivity contribution in [2.75, 3.05) is 13.1 Å². The van der Waals surface area contributed by atoms with Crippen LogP contribution in [0.2, 0.25) is 0 Å². The summed E-state index contributed by atoms with van der Waals surface area (Å²) in [6, 6.07) is 1.45. The number of unbranched alkanes of at least 4 members (excludes halogenated alkanes) is 1. The average molecular weight is 226 g/mol. The van der Waals surface area contributed by atoms with Crippen molar-refractivity contribution >= 4 is 0 Å². The highest BCUT2D eigenvalue weighted by molar-refractivity contribution is 4.90. The Hall–Kier alpha value is -0.0800. The molecule has 0 aromatic rings. The normalized spacial score (nSPS) is 19.1. The van der Waals surface area contributed by atoms with E-state index in [0.717, 1.165) is 12.6 Å². The molecule has 96 valence electrons. The van der Waals surface area contributed by atoms with Crippen LogP contribution in [-0.2, 0) is 0 Å². The van der Waals surface area contributed by atoms with Crippen molar-refractivity contribution in [1.82, 2.24) is 4.90 Å². The molecule has 2 nitrogen and oxygen atoms in total. The number of nitrogens with two attached hydrogens (primary N) is 1. The van der Waals surface area contributed by atoms with E-state index in [9.17, 15) is 0 Å².